The summed E-state index contributed by atoms with van der Waals surface area (Å²) in [4.78, 5) is 2.56. The van der Waals surface area contributed by atoms with Crippen molar-refractivity contribution in [1.29, 1.82) is 0 Å². The topological polar surface area (TPSA) is 8.17 Å². The van der Waals surface area contributed by atoms with Crippen LogP contribution in [0.25, 0.3) is 0 Å². The zero-order valence-electron chi connectivity index (χ0n) is 6.83. The molecule has 1 saturated heterocycles. The van der Waals surface area contributed by atoms with Gasteiger partial charge >= 0.3 is 0 Å². The number of aromatic nitrogens is 1. The molecule has 1 fully saturated rings. The van der Waals surface area contributed by atoms with Crippen molar-refractivity contribution < 1.29 is 0 Å². The highest BCUT2D eigenvalue weighted by molar-refractivity contribution is 9.10. The molecular formula is C9H11BrN2. The summed E-state index contributed by atoms with van der Waals surface area (Å²) in [5.74, 6) is 0. The third-order valence-corrected chi connectivity index (χ3v) is 3.59. The molecule has 2 aliphatic heterocycles. The lowest BCUT2D eigenvalue weighted by Gasteiger charge is -2.16. The second kappa shape index (κ2) is 2.36. The lowest BCUT2D eigenvalue weighted by molar-refractivity contribution is 0.235. The molecule has 12 heavy (non-hydrogen) atoms. The summed E-state index contributed by atoms with van der Waals surface area (Å²) in [7, 11) is 0. The number of hydrogen-bond donors (Lipinski definition) is 0. The van der Waals surface area contributed by atoms with Gasteiger partial charge in [0, 0.05) is 18.8 Å². The smallest absolute Gasteiger partial charge is 0.0876 e. The molecule has 0 aromatic carbocycles. The predicted molar refractivity (Wildman–Crippen MR) is 50.8 cm³/mol. The second-order valence-electron chi connectivity index (χ2n) is 3.61. The Labute approximate surface area is 80.3 Å². The first kappa shape index (κ1) is 7.15. The van der Waals surface area contributed by atoms with Crippen molar-refractivity contribution in [2.75, 3.05) is 6.54 Å². The maximum absolute atomic E-state index is 3.59. The van der Waals surface area contributed by atoms with Gasteiger partial charge in [0.1, 0.15) is 0 Å². The molecule has 1 aromatic rings. The summed E-state index contributed by atoms with van der Waals surface area (Å²) >= 11 is 3.59. The summed E-state index contributed by atoms with van der Waals surface area (Å²) in [6, 6.07) is 4.38. The van der Waals surface area contributed by atoms with Crippen molar-refractivity contribution in [2.24, 2.45) is 0 Å². The Kier molecular flexibility index (Phi) is 1.41. The van der Waals surface area contributed by atoms with Gasteiger partial charge in [0.2, 0.25) is 0 Å². The maximum Gasteiger partial charge on any atom is 0.0876 e. The SMILES string of the molecule is Brc1ccc2n1C1CCCN1C2. The molecule has 3 heterocycles. The molecule has 0 bridgehead atoms. The predicted octanol–water partition coefficient (Wildman–Crippen LogP) is 2.36. The highest BCUT2D eigenvalue weighted by Gasteiger charge is 2.34. The fraction of sp³-hybridized carbons (Fsp3) is 0.556. The van der Waals surface area contributed by atoms with E-state index in [0.717, 1.165) is 6.54 Å². The lowest BCUT2D eigenvalue weighted by atomic mass is 10.3. The minimum Gasteiger partial charge on any atom is -0.322 e. The van der Waals surface area contributed by atoms with E-state index in [2.05, 4.69) is 37.5 Å². The standard InChI is InChI=1S/C9H11BrN2/c10-8-4-3-7-6-11-5-1-2-9(11)12(7)8/h3-4,9H,1-2,5-6H2. The third kappa shape index (κ3) is 0.783. The largest absolute Gasteiger partial charge is 0.322 e. The highest BCUT2D eigenvalue weighted by Crippen LogP contribution is 2.38. The van der Waals surface area contributed by atoms with E-state index in [-0.39, 0.29) is 0 Å². The first-order chi connectivity index (χ1) is 5.86. The van der Waals surface area contributed by atoms with E-state index in [0.29, 0.717) is 6.17 Å². The van der Waals surface area contributed by atoms with E-state index in [1.165, 1.54) is 29.7 Å². The van der Waals surface area contributed by atoms with Gasteiger partial charge in [-0.2, -0.15) is 0 Å². The Balaban J connectivity index is 2.11. The van der Waals surface area contributed by atoms with Crippen LogP contribution < -0.4 is 0 Å². The quantitative estimate of drug-likeness (QED) is 0.660. The van der Waals surface area contributed by atoms with E-state index in [4.69, 9.17) is 0 Å². The van der Waals surface area contributed by atoms with Gasteiger partial charge in [-0.1, -0.05) is 0 Å². The van der Waals surface area contributed by atoms with Gasteiger partial charge < -0.3 is 4.57 Å². The summed E-state index contributed by atoms with van der Waals surface area (Å²) in [5.41, 5.74) is 1.46. The summed E-state index contributed by atoms with van der Waals surface area (Å²) in [6.45, 7) is 2.43. The van der Waals surface area contributed by atoms with Crippen LogP contribution in [0.15, 0.2) is 16.7 Å². The highest BCUT2D eigenvalue weighted by atomic mass is 79.9. The molecule has 3 heteroatoms. The van der Waals surface area contributed by atoms with Crippen molar-refractivity contribution in [3.63, 3.8) is 0 Å². The van der Waals surface area contributed by atoms with Crippen molar-refractivity contribution in [1.82, 2.24) is 9.47 Å². The summed E-state index contributed by atoms with van der Waals surface area (Å²) in [5, 5.41) is 0. The van der Waals surface area contributed by atoms with E-state index in [1.807, 2.05) is 0 Å². The van der Waals surface area contributed by atoms with E-state index < -0.39 is 0 Å². The second-order valence-corrected chi connectivity index (χ2v) is 4.42. The molecular weight excluding hydrogens is 216 g/mol. The molecule has 0 amide bonds. The molecule has 1 atom stereocenters. The average Bonchev–Trinajstić information content (AvgIpc) is 2.61. The Morgan fingerprint density at radius 3 is 3.25 bits per heavy atom. The molecule has 64 valence electrons. The molecule has 3 rings (SSSR count). The van der Waals surface area contributed by atoms with Crippen LogP contribution in [0, 0.1) is 0 Å². The fourth-order valence-corrected chi connectivity index (χ4v) is 3.02. The van der Waals surface area contributed by atoms with Gasteiger partial charge in [0.25, 0.3) is 0 Å². The van der Waals surface area contributed by atoms with Crippen LogP contribution in [-0.4, -0.2) is 16.0 Å². The van der Waals surface area contributed by atoms with Gasteiger partial charge in [0.05, 0.1) is 10.8 Å². The number of hydrogen-bond acceptors (Lipinski definition) is 1. The van der Waals surface area contributed by atoms with Crippen LogP contribution in [0.4, 0.5) is 0 Å². The monoisotopic (exact) mass is 226 g/mol. The van der Waals surface area contributed by atoms with Gasteiger partial charge in [0.15, 0.2) is 0 Å². The van der Waals surface area contributed by atoms with Gasteiger partial charge in [-0.15, -0.1) is 0 Å². The Bertz CT molecular complexity index is 318. The zero-order valence-corrected chi connectivity index (χ0v) is 8.42. The Morgan fingerprint density at radius 2 is 2.33 bits per heavy atom. The van der Waals surface area contributed by atoms with Gasteiger partial charge in [-0.05, 0) is 40.9 Å². The molecule has 2 nitrogen and oxygen atoms in total. The molecule has 0 aliphatic carbocycles. The summed E-state index contributed by atoms with van der Waals surface area (Å²) < 4.78 is 3.67. The third-order valence-electron chi connectivity index (χ3n) is 2.95. The lowest BCUT2D eigenvalue weighted by Crippen LogP contribution is -2.17. The summed E-state index contributed by atoms with van der Waals surface area (Å²) in [6.07, 6.45) is 3.33. The molecule has 0 saturated carbocycles. The molecule has 0 spiro atoms. The van der Waals surface area contributed by atoms with E-state index in [9.17, 15) is 0 Å². The van der Waals surface area contributed by atoms with Crippen LogP contribution in [0.1, 0.15) is 24.7 Å². The van der Waals surface area contributed by atoms with Crippen LogP contribution in [0.2, 0.25) is 0 Å². The van der Waals surface area contributed by atoms with E-state index in [1.54, 1.807) is 0 Å². The zero-order chi connectivity index (χ0) is 8.13. The Morgan fingerprint density at radius 1 is 1.42 bits per heavy atom. The van der Waals surface area contributed by atoms with Crippen LogP contribution >= 0.6 is 15.9 Å². The van der Waals surface area contributed by atoms with Crippen molar-refractivity contribution >= 4 is 15.9 Å². The average molecular weight is 227 g/mol. The van der Waals surface area contributed by atoms with Crippen molar-refractivity contribution in [3.8, 4) is 0 Å². The van der Waals surface area contributed by atoms with Gasteiger partial charge in [-0.3, -0.25) is 4.90 Å². The maximum atomic E-state index is 3.59. The molecule has 1 unspecified atom stereocenters. The normalized spacial score (nSPS) is 27.6. The molecule has 0 N–H and O–H groups in total. The van der Waals surface area contributed by atoms with Crippen LogP contribution in [-0.2, 0) is 6.54 Å². The minimum absolute atomic E-state index is 0.657. The minimum atomic E-state index is 0.657. The fourth-order valence-electron chi connectivity index (χ4n) is 2.42. The van der Waals surface area contributed by atoms with Crippen LogP contribution in [0.5, 0.6) is 0 Å². The van der Waals surface area contributed by atoms with Crippen molar-refractivity contribution in [3.05, 3.63) is 22.4 Å². The Hall–Kier alpha value is -0.280. The molecule has 0 radical (unpaired) electrons. The van der Waals surface area contributed by atoms with Crippen LogP contribution in [0.3, 0.4) is 0 Å². The first-order valence-corrected chi connectivity index (χ1v) is 5.25. The number of nitrogens with zero attached hydrogens (tertiary/aromatic N) is 2. The number of rotatable bonds is 0. The number of halogens is 1. The first-order valence-electron chi connectivity index (χ1n) is 4.46. The van der Waals surface area contributed by atoms with Gasteiger partial charge in [-0.25, -0.2) is 0 Å². The van der Waals surface area contributed by atoms with E-state index >= 15 is 0 Å². The van der Waals surface area contributed by atoms with Crippen molar-refractivity contribution in [2.45, 2.75) is 25.6 Å². The molecule has 1 aromatic heterocycles. The number of fused-ring (bicyclic) bond motifs is 3. The molecule has 2 aliphatic rings.